The zero-order valence-electron chi connectivity index (χ0n) is 15.3. The zero-order chi connectivity index (χ0) is 19.5. The summed E-state index contributed by atoms with van der Waals surface area (Å²) in [6, 6.07) is 4.56. The minimum absolute atomic E-state index is 0.0753. The van der Waals surface area contributed by atoms with Gasteiger partial charge in [0, 0.05) is 13.1 Å². The highest BCUT2D eigenvalue weighted by Gasteiger charge is 2.33. The van der Waals surface area contributed by atoms with E-state index in [0.717, 1.165) is 6.54 Å². The molecule has 2 aromatic heterocycles. The number of aromatic nitrogens is 2. The number of hydrogen-bond acceptors (Lipinski definition) is 4. The summed E-state index contributed by atoms with van der Waals surface area (Å²) in [6.45, 7) is 6.64. The Morgan fingerprint density at radius 3 is 2.58 bits per heavy atom. The lowest BCUT2D eigenvalue weighted by Gasteiger charge is -2.33. The van der Waals surface area contributed by atoms with Gasteiger partial charge in [0.2, 0.25) is 0 Å². The van der Waals surface area contributed by atoms with Crippen LogP contribution < -0.4 is 5.32 Å². The molecule has 9 heteroatoms. The van der Waals surface area contributed by atoms with Crippen LogP contribution in [-0.2, 0) is 0 Å². The Kier molecular flexibility index (Phi) is 6.79. The van der Waals surface area contributed by atoms with Gasteiger partial charge in [0.1, 0.15) is 12.0 Å². The number of nitrogens with one attached hydrogen (secondary N) is 1. The lowest BCUT2D eigenvalue weighted by molar-refractivity contribution is -0.0328. The highest BCUT2D eigenvalue weighted by atomic mass is 32.2. The summed E-state index contributed by atoms with van der Waals surface area (Å²) < 4.78 is 53.9. The Morgan fingerprint density at radius 1 is 1.27 bits per heavy atom. The van der Waals surface area contributed by atoms with E-state index in [-0.39, 0.29) is 22.7 Å². The first kappa shape index (κ1) is 20.8. The molecule has 146 valence electrons. The van der Waals surface area contributed by atoms with Crippen molar-refractivity contribution in [3.63, 3.8) is 0 Å². The molecular weight excluding hydrogens is 368 g/mol. The number of nitrogens with zero attached hydrogens (tertiary/aromatic N) is 3. The number of piperidine rings is 1. The number of thioether (sulfide) groups is 1. The smallest absolute Gasteiger partial charge is 0.364 e. The predicted octanol–water partition coefficient (Wildman–Crippen LogP) is 4.73. The molecule has 26 heavy (non-hydrogen) atoms. The third-order valence-corrected chi connectivity index (χ3v) is 5.01. The van der Waals surface area contributed by atoms with E-state index in [1.807, 2.05) is 25.8 Å². The van der Waals surface area contributed by atoms with Crippen molar-refractivity contribution < 1.29 is 17.6 Å². The molecule has 0 radical (unpaired) electrons. The third-order valence-electron chi connectivity index (χ3n) is 4.07. The van der Waals surface area contributed by atoms with Crippen LogP contribution in [0.25, 0.3) is 5.52 Å². The number of hydrogen-bond donors (Lipinski definition) is 1. The van der Waals surface area contributed by atoms with Crippen LogP contribution in [0.15, 0.2) is 23.1 Å². The molecule has 0 spiro atoms. The Bertz CT molecular complexity index is 731. The first-order valence-electron chi connectivity index (χ1n) is 8.58. The van der Waals surface area contributed by atoms with Gasteiger partial charge in [0.05, 0.1) is 22.1 Å². The van der Waals surface area contributed by atoms with Gasteiger partial charge in [-0.25, -0.2) is 8.91 Å². The molecule has 1 fully saturated rings. The molecule has 0 amide bonds. The third kappa shape index (κ3) is 4.82. The van der Waals surface area contributed by atoms with E-state index in [2.05, 4.69) is 10.4 Å². The second-order valence-corrected chi connectivity index (χ2v) is 7.06. The van der Waals surface area contributed by atoms with Gasteiger partial charge in [-0.15, -0.1) is 0 Å². The minimum atomic E-state index is -4.38. The van der Waals surface area contributed by atoms with Crippen molar-refractivity contribution in [2.45, 2.75) is 49.8 Å². The number of aryl methyl sites for hydroxylation is 1. The average molecular weight is 392 g/mol. The summed E-state index contributed by atoms with van der Waals surface area (Å²) in [7, 11) is 1.86. The Morgan fingerprint density at radius 2 is 1.96 bits per heavy atom. The normalized spacial score (nSPS) is 21.4. The van der Waals surface area contributed by atoms with Gasteiger partial charge in [-0.1, -0.05) is 19.9 Å². The molecule has 0 saturated carbocycles. The number of alkyl halides is 4. The quantitative estimate of drug-likeness (QED) is 0.604. The topological polar surface area (TPSA) is 32.6 Å². The van der Waals surface area contributed by atoms with Crippen LogP contribution in [0, 0.1) is 6.92 Å². The summed E-state index contributed by atoms with van der Waals surface area (Å²) in [5.41, 5.74) is -3.72. The van der Waals surface area contributed by atoms with E-state index < -0.39 is 11.7 Å². The molecule has 3 heterocycles. The molecule has 1 aliphatic rings. The molecule has 0 aliphatic carbocycles. The fraction of sp³-hybridized carbons (Fsp3) is 0.588. The lowest BCUT2D eigenvalue weighted by atomic mass is 10.0. The summed E-state index contributed by atoms with van der Waals surface area (Å²) in [6.07, 6.45) is -0.418. The summed E-state index contributed by atoms with van der Waals surface area (Å²) in [5.74, 6) is 0.502. The molecule has 2 aromatic rings. The Labute approximate surface area is 154 Å². The molecule has 3 rings (SSSR count). The highest BCUT2D eigenvalue weighted by Crippen LogP contribution is 2.41. The predicted molar refractivity (Wildman–Crippen MR) is 97.6 cm³/mol. The number of rotatable bonds is 3. The van der Waals surface area contributed by atoms with Crippen LogP contribution in [0.2, 0.25) is 0 Å². The maximum atomic E-state index is 14.2. The maximum absolute atomic E-state index is 14.2. The molecule has 4 nitrogen and oxygen atoms in total. The maximum Gasteiger partial charge on any atom is 0.446 e. The molecule has 2 unspecified atom stereocenters. The van der Waals surface area contributed by atoms with Crippen LogP contribution in [0.3, 0.4) is 0 Å². The van der Waals surface area contributed by atoms with Crippen molar-refractivity contribution in [3.8, 4) is 0 Å². The van der Waals surface area contributed by atoms with Crippen LogP contribution >= 0.6 is 11.8 Å². The van der Waals surface area contributed by atoms with Crippen molar-refractivity contribution in [1.82, 2.24) is 14.5 Å². The average Bonchev–Trinajstić information content (AvgIpc) is 2.87. The first-order chi connectivity index (χ1) is 12.2. The molecule has 0 aromatic carbocycles. The zero-order valence-corrected chi connectivity index (χ0v) is 16.1. The van der Waals surface area contributed by atoms with Gasteiger partial charge in [-0.3, -0.25) is 0 Å². The number of halogens is 4. The fourth-order valence-electron chi connectivity index (χ4n) is 2.92. The van der Waals surface area contributed by atoms with Gasteiger partial charge in [-0.05, 0) is 44.3 Å². The number of anilines is 1. The van der Waals surface area contributed by atoms with Gasteiger partial charge >= 0.3 is 5.51 Å². The first-order valence-corrected chi connectivity index (χ1v) is 9.39. The molecular formula is C17H24F4N4S. The molecule has 1 N–H and O–H groups in total. The minimum Gasteiger partial charge on any atom is -0.364 e. The number of pyridine rings is 1. The van der Waals surface area contributed by atoms with Crippen LogP contribution in [0.1, 0.15) is 26.0 Å². The van der Waals surface area contributed by atoms with Crippen molar-refractivity contribution >= 4 is 23.1 Å². The molecule has 1 saturated heterocycles. The van der Waals surface area contributed by atoms with Gasteiger partial charge in [-0.2, -0.15) is 18.3 Å². The van der Waals surface area contributed by atoms with Crippen LogP contribution in [0.5, 0.6) is 0 Å². The largest absolute Gasteiger partial charge is 0.446 e. The summed E-state index contributed by atoms with van der Waals surface area (Å²) in [4.78, 5) is 1.99. The molecule has 2 atom stereocenters. The standard InChI is InChI=1S/C15H18F4N4S.C2H6/c1-9-14(24-15(17,18)19)12-4-3-5-13(23(12)21-9)20-11-6-7-22(2)8-10(11)16;1-2/h3-5,10-11,20H,6-8H2,1-2H3;1-2H3. The van der Waals surface area contributed by atoms with Gasteiger partial charge < -0.3 is 10.2 Å². The Hall–Kier alpha value is -1.48. The highest BCUT2D eigenvalue weighted by molar-refractivity contribution is 8.00. The van der Waals surface area contributed by atoms with Crippen molar-refractivity contribution in [2.24, 2.45) is 0 Å². The second-order valence-electron chi connectivity index (χ2n) is 5.99. The Balaban J connectivity index is 0.00000117. The van der Waals surface area contributed by atoms with E-state index in [0.29, 0.717) is 30.0 Å². The summed E-state index contributed by atoms with van der Waals surface area (Å²) >= 11 is -0.173. The monoisotopic (exact) mass is 392 g/mol. The van der Waals surface area contributed by atoms with Crippen molar-refractivity contribution in [2.75, 3.05) is 25.5 Å². The fourth-order valence-corrected chi connectivity index (χ4v) is 3.60. The number of likely N-dealkylation sites (tertiary alicyclic amines) is 1. The number of fused-ring (bicyclic) bond motifs is 1. The molecule has 1 aliphatic heterocycles. The van der Waals surface area contributed by atoms with E-state index in [4.69, 9.17) is 0 Å². The van der Waals surface area contributed by atoms with Crippen LogP contribution in [-0.4, -0.2) is 52.4 Å². The van der Waals surface area contributed by atoms with E-state index in [1.54, 1.807) is 25.1 Å². The second kappa shape index (κ2) is 8.47. The lowest BCUT2D eigenvalue weighted by Crippen LogP contribution is -2.46. The van der Waals surface area contributed by atoms with Gasteiger partial charge in [0.25, 0.3) is 0 Å². The molecule has 0 bridgehead atoms. The van der Waals surface area contributed by atoms with E-state index in [9.17, 15) is 17.6 Å². The van der Waals surface area contributed by atoms with Crippen molar-refractivity contribution in [1.29, 1.82) is 0 Å². The summed E-state index contributed by atoms with van der Waals surface area (Å²) in [5, 5.41) is 7.31. The van der Waals surface area contributed by atoms with Gasteiger partial charge in [0.15, 0.2) is 0 Å². The van der Waals surface area contributed by atoms with Crippen LogP contribution in [0.4, 0.5) is 23.4 Å². The van der Waals surface area contributed by atoms with E-state index >= 15 is 0 Å². The SMILES string of the molecule is CC.Cc1nn2c(NC3CCN(C)CC3F)cccc2c1SC(F)(F)F. The van der Waals surface area contributed by atoms with E-state index in [1.165, 1.54) is 4.52 Å². The van der Waals surface area contributed by atoms with Crippen molar-refractivity contribution in [3.05, 3.63) is 23.9 Å².